The van der Waals surface area contributed by atoms with Gasteiger partial charge in [0.15, 0.2) is 17.3 Å². The second-order valence-electron chi connectivity index (χ2n) is 2.99. The molecule has 0 saturated carbocycles. The molecule has 2 nitrogen and oxygen atoms in total. The highest BCUT2D eigenvalue weighted by atomic mass is 32.2. The third kappa shape index (κ3) is 1.89. The van der Waals surface area contributed by atoms with Crippen molar-refractivity contribution in [3.8, 4) is 5.40 Å². The summed E-state index contributed by atoms with van der Waals surface area (Å²) in [6.45, 7) is 2.33. The third-order valence-electron chi connectivity index (χ3n) is 2.02. The van der Waals surface area contributed by atoms with Crippen LogP contribution in [0.1, 0.15) is 19.3 Å². The minimum Gasteiger partial charge on any atom is -0.251 e. The van der Waals surface area contributed by atoms with Gasteiger partial charge in [0.05, 0.1) is 20.1 Å². The predicted octanol–water partition coefficient (Wildman–Crippen LogP) is 1.75. The van der Waals surface area contributed by atoms with E-state index in [4.69, 9.17) is 5.26 Å². The van der Waals surface area contributed by atoms with Crippen LogP contribution in [0.25, 0.3) is 0 Å². The molecule has 10 heavy (non-hydrogen) atoms. The van der Waals surface area contributed by atoms with Gasteiger partial charge < -0.3 is 0 Å². The van der Waals surface area contributed by atoms with Crippen LogP contribution in [0.15, 0.2) is 0 Å². The van der Waals surface area contributed by atoms with E-state index in [1.807, 2.05) is 0 Å². The third-order valence-corrected chi connectivity index (χ3v) is 2.91. The molecule has 0 bridgehead atoms. The van der Waals surface area contributed by atoms with Crippen LogP contribution in [0.2, 0.25) is 0 Å². The Morgan fingerprint density at radius 3 is 2.40 bits per heavy atom. The average Bonchev–Trinajstić information content (AvgIpc) is 1.89. The monoisotopic (exact) mass is 157 g/mol. The summed E-state index contributed by atoms with van der Waals surface area (Å²) in [4.78, 5) is 0. The van der Waals surface area contributed by atoms with Crippen molar-refractivity contribution in [2.24, 2.45) is 0 Å². The van der Waals surface area contributed by atoms with E-state index in [9.17, 15) is 0 Å². The quantitative estimate of drug-likeness (QED) is 0.329. The van der Waals surface area contributed by atoms with Crippen LogP contribution < -0.4 is 0 Å². The molecule has 0 aromatic rings. The average molecular weight is 157 g/mol. The number of piperidine rings is 1. The van der Waals surface area contributed by atoms with Gasteiger partial charge in [0, 0.05) is 0 Å². The lowest BCUT2D eigenvalue weighted by Crippen LogP contribution is -2.40. The van der Waals surface area contributed by atoms with Crippen molar-refractivity contribution in [1.82, 2.24) is 0 Å². The molecule has 0 N–H and O–H groups in total. The van der Waals surface area contributed by atoms with Crippen LogP contribution in [0.3, 0.4) is 0 Å². The Morgan fingerprint density at radius 2 is 1.90 bits per heavy atom. The minimum absolute atomic E-state index is 0.899. The van der Waals surface area contributed by atoms with Crippen LogP contribution in [-0.2, 0) is 0 Å². The number of nitriles is 1. The largest absolute Gasteiger partial charge is 0.251 e. The maximum Gasteiger partial charge on any atom is 0.196 e. The van der Waals surface area contributed by atoms with E-state index in [2.05, 4.69) is 12.4 Å². The van der Waals surface area contributed by atoms with E-state index in [0.29, 0.717) is 0 Å². The Labute approximate surface area is 66.5 Å². The predicted molar refractivity (Wildman–Crippen MR) is 43.0 cm³/mol. The zero-order valence-corrected chi connectivity index (χ0v) is 7.15. The molecule has 1 heterocycles. The summed E-state index contributed by atoms with van der Waals surface area (Å²) in [6, 6.07) is 0. The van der Waals surface area contributed by atoms with Crippen LogP contribution >= 0.6 is 11.9 Å². The summed E-state index contributed by atoms with van der Waals surface area (Å²) in [7, 11) is 2.15. The Hall–Kier alpha value is -0.200. The smallest absolute Gasteiger partial charge is 0.196 e. The molecule has 1 fully saturated rings. The van der Waals surface area contributed by atoms with E-state index in [0.717, 1.165) is 17.0 Å². The molecule has 0 radical (unpaired) electrons. The lowest BCUT2D eigenvalue weighted by Gasteiger charge is -2.32. The second-order valence-corrected chi connectivity index (χ2v) is 4.23. The molecule has 0 spiro atoms. The van der Waals surface area contributed by atoms with Crippen molar-refractivity contribution in [2.75, 3.05) is 20.1 Å². The summed E-state index contributed by atoms with van der Waals surface area (Å²) in [5, 5.41) is 10.6. The number of hydrogen-bond donors (Lipinski definition) is 0. The van der Waals surface area contributed by atoms with Gasteiger partial charge in [-0.05, 0) is 19.3 Å². The molecule has 0 aliphatic carbocycles. The van der Waals surface area contributed by atoms with Crippen LogP contribution in [0.5, 0.6) is 0 Å². The van der Waals surface area contributed by atoms with E-state index >= 15 is 0 Å². The summed E-state index contributed by atoms with van der Waals surface area (Å²) < 4.78 is 0.899. The number of likely N-dealkylation sites (tertiary alicyclic amines) is 1. The van der Waals surface area contributed by atoms with Gasteiger partial charge in [-0.25, -0.2) is 0 Å². The summed E-state index contributed by atoms with van der Waals surface area (Å²) in [5.41, 5.74) is 0. The van der Waals surface area contributed by atoms with E-state index in [1.165, 1.54) is 31.2 Å². The van der Waals surface area contributed by atoms with Crippen LogP contribution in [0.4, 0.5) is 0 Å². The lowest BCUT2D eigenvalue weighted by molar-refractivity contribution is -0.778. The SMILES string of the molecule is C[N+]1(SC#N)CCCCC1. The Bertz CT molecular complexity index is 144. The van der Waals surface area contributed by atoms with Gasteiger partial charge in [-0.2, -0.15) is 5.26 Å². The van der Waals surface area contributed by atoms with E-state index in [-0.39, 0.29) is 0 Å². The number of hydrogen-bond acceptors (Lipinski definition) is 2. The molecule has 0 amide bonds. The molecule has 0 aromatic carbocycles. The maximum absolute atomic E-state index is 8.48. The highest BCUT2D eigenvalue weighted by Gasteiger charge is 2.26. The summed E-state index contributed by atoms with van der Waals surface area (Å²) in [6.07, 6.45) is 3.91. The number of thiocyanates is 1. The Kier molecular flexibility index (Phi) is 2.58. The van der Waals surface area contributed by atoms with Gasteiger partial charge in [-0.3, -0.25) is 3.89 Å². The number of quaternary nitrogens is 1. The standard InChI is InChI=1S/C7H13N2S/c1-9(10-7-8)5-3-2-4-6-9/h2-6H2,1H3/q+1. The fourth-order valence-electron chi connectivity index (χ4n) is 1.37. The molecule has 3 heteroatoms. The summed E-state index contributed by atoms with van der Waals surface area (Å²) in [5.74, 6) is 0. The number of rotatable bonds is 1. The van der Waals surface area contributed by atoms with Gasteiger partial charge in [0.1, 0.15) is 0 Å². The first kappa shape index (κ1) is 7.90. The van der Waals surface area contributed by atoms with Crippen LogP contribution in [0, 0.1) is 10.7 Å². The minimum atomic E-state index is 0.899. The second kappa shape index (κ2) is 3.27. The molecular weight excluding hydrogens is 144 g/mol. The highest BCUT2D eigenvalue weighted by molar-refractivity contribution is 7.98. The maximum atomic E-state index is 8.48. The Balaban J connectivity index is 2.42. The van der Waals surface area contributed by atoms with Crippen LogP contribution in [-0.4, -0.2) is 24.0 Å². The number of nitrogens with zero attached hydrogens (tertiary/aromatic N) is 2. The lowest BCUT2D eigenvalue weighted by atomic mass is 10.1. The normalized spacial score (nSPS) is 23.6. The Morgan fingerprint density at radius 1 is 1.30 bits per heavy atom. The fourth-order valence-corrected chi connectivity index (χ4v) is 2.01. The zero-order valence-electron chi connectivity index (χ0n) is 6.34. The van der Waals surface area contributed by atoms with Crippen molar-refractivity contribution in [2.45, 2.75) is 19.3 Å². The van der Waals surface area contributed by atoms with Crippen molar-refractivity contribution in [3.63, 3.8) is 0 Å². The van der Waals surface area contributed by atoms with E-state index < -0.39 is 0 Å². The van der Waals surface area contributed by atoms with Crippen molar-refractivity contribution >= 4 is 11.9 Å². The van der Waals surface area contributed by atoms with Gasteiger partial charge >= 0.3 is 0 Å². The fraction of sp³-hybridized carbons (Fsp3) is 0.857. The molecular formula is C7H13N2S+. The molecule has 1 saturated heterocycles. The van der Waals surface area contributed by atoms with E-state index in [1.54, 1.807) is 0 Å². The first-order valence-corrected chi connectivity index (χ1v) is 4.46. The molecule has 1 rings (SSSR count). The first-order valence-electron chi connectivity index (χ1n) is 3.69. The van der Waals surface area contributed by atoms with Gasteiger partial charge in [0.2, 0.25) is 0 Å². The molecule has 0 atom stereocenters. The molecule has 56 valence electrons. The first-order chi connectivity index (χ1) is 4.77. The van der Waals surface area contributed by atoms with Gasteiger partial charge in [-0.15, -0.1) is 0 Å². The molecule has 1 aliphatic rings. The topological polar surface area (TPSA) is 23.8 Å². The molecule has 1 aliphatic heterocycles. The molecule has 0 unspecified atom stereocenters. The van der Waals surface area contributed by atoms with Crippen molar-refractivity contribution in [1.29, 1.82) is 5.26 Å². The van der Waals surface area contributed by atoms with Crippen molar-refractivity contribution in [3.05, 3.63) is 0 Å². The van der Waals surface area contributed by atoms with Crippen molar-refractivity contribution < 1.29 is 3.89 Å². The van der Waals surface area contributed by atoms with Gasteiger partial charge in [-0.1, -0.05) is 0 Å². The summed E-state index contributed by atoms with van der Waals surface area (Å²) >= 11 is 1.40. The highest BCUT2D eigenvalue weighted by Crippen LogP contribution is 2.25. The zero-order chi connectivity index (χ0) is 7.45. The molecule has 0 aromatic heterocycles. The van der Waals surface area contributed by atoms with Gasteiger partial charge in [0.25, 0.3) is 0 Å².